The molecule has 0 unspecified atom stereocenters. The molecule has 0 bridgehead atoms. The van der Waals surface area contributed by atoms with Gasteiger partial charge in [0.25, 0.3) is 5.91 Å². The van der Waals surface area contributed by atoms with Gasteiger partial charge < -0.3 is 14.5 Å². The fourth-order valence-corrected chi connectivity index (χ4v) is 3.55. The first-order valence-corrected chi connectivity index (χ1v) is 9.01. The summed E-state index contributed by atoms with van der Waals surface area (Å²) < 4.78 is 1.41. The van der Waals surface area contributed by atoms with Crippen LogP contribution in [0.15, 0.2) is 45.3 Å². The molecule has 0 aliphatic carbocycles. The lowest BCUT2D eigenvalue weighted by Crippen LogP contribution is -2.36. The van der Waals surface area contributed by atoms with Crippen LogP contribution in [0.3, 0.4) is 0 Å². The molecule has 0 fully saturated rings. The van der Waals surface area contributed by atoms with Gasteiger partial charge in [-0.1, -0.05) is 6.07 Å². The third-order valence-corrected chi connectivity index (χ3v) is 5.00. The number of carbonyl (C=O) groups excluding carboxylic acids is 1. The molecule has 0 aliphatic heterocycles. The Hall–Kier alpha value is -2.67. The zero-order chi connectivity index (χ0) is 18.0. The highest BCUT2D eigenvalue weighted by Crippen LogP contribution is 2.17. The fourth-order valence-electron chi connectivity index (χ4n) is 2.83. The minimum absolute atomic E-state index is 0.104. The average molecular weight is 357 g/mol. The van der Waals surface area contributed by atoms with Gasteiger partial charge in [0.15, 0.2) is 0 Å². The standard InChI is InChI=1S/C18H19N3O3S/c1-3-20(11-13-6-5-9-25-13)17(23)12-7-8-15-14(10-12)19-16(22)18(24)21(15)4-2/h5-10H,3-4,11H2,1-2H3,(H,19,22). The Morgan fingerprint density at radius 3 is 2.68 bits per heavy atom. The number of nitrogens with one attached hydrogen (secondary N) is 1. The first-order chi connectivity index (χ1) is 12.0. The third kappa shape index (κ3) is 3.28. The van der Waals surface area contributed by atoms with Crippen molar-refractivity contribution in [1.82, 2.24) is 14.5 Å². The van der Waals surface area contributed by atoms with E-state index in [-0.39, 0.29) is 5.91 Å². The molecule has 1 amide bonds. The van der Waals surface area contributed by atoms with Gasteiger partial charge in [-0.15, -0.1) is 11.3 Å². The molecule has 1 N–H and O–H groups in total. The normalized spacial score (nSPS) is 11.0. The molecule has 130 valence electrons. The number of carbonyl (C=O) groups is 1. The van der Waals surface area contributed by atoms with Crippen LogP contribution in [-0.2, 0) is 13.1 Å². The molecule has 1 aromatic carbocycles. The Kier molecular flexibility index (Phi) is 4.85. The number of benzene rings is 1. The second kappa shape index (κ2) is 7.06. The lowest BCUT2D eigenvalue weighted by Gasteiger charge is -2.20. The van der Waals surface area contributed by atoms with E-state index in [4.69, 9.17) is 0 Å². The molecule has 3 rings (SSSR count). The molecule has 2 heterocycles. The Bertz CT molecular complexity index is 1020. The number of fused-ring (bicyclic) bond motifs is 1. The Morgan fingerprint density at radius 2 is 2.04 bits per heavy atom. The van der Waals surface area contributed by atoms with E-state index in [1.165, 1.54) is 4.57 Å². The largest absolute Gasteiger partial charge is 0.334 e. The first kappa shape index (κ1) is 17.2. The van der Waals surface area contributed by atoms with Gasteiger partial charge in [-0.2, -0.15) is 0 Å². The zero-order valence-electron chi connectivity index (χ0n) is 14.1. The van der Waals surface area contributed by atoms with E-state index in [1.807, 2.05) is 24.4 Å². The number of hydrogen-bond acceptors (Lipinski definition) is 4. The molecule has 7 heteroatoms. The van der Waals surface area contributed by atoms with Crippen LogP contribution in [0.2, 0.25) is 0 Å². The van der Waals surface area contributed by atoms with Crippen LogP contribution in [0.25, 0.3) is 11.0 Å². The van der Waals surface area contributed by atoms with Gasteiger partial charge in [0.1, 0.15) is 0 Å². The van der Waals surface area contributed by atoms with Gasteiger partial charge >= 0.3 is 11.1 Å². The molecule has 0 aliphatic rings. The van der Waals surface area contributed by atoms with E-state index in [0.717, 1.165) is 4.88 Å². The Balaban J connectivity index is 2.00. The van der Waals surface area contributed by atoms with Crippen LogP contribution < -0.4 is 11.1 Å². The van der Waals surface area contributed by atoms with Crippen molar-refractivity contribution >= 4 is 28.3 Å². The highest BCUT2D eigenvalue weighted by atomic mass is 32.1. The molecule has 6 nitrogen and oxygen atoms in total. The van der Waals surface area contributed by atoms with Crippen LogP contribution in [0, 0.1) is 0 Å². The highest BCUT2D eigenvalue weighted by molar-refractivity contribution is 7.09. The smallest absolute Gasteiger partial charge is 0.316 e. The number of aromatic amines is 1. The maximum Gasteiger partial charge on any atom is 0.316 e. The van der Waals surface area contributed by atoms with E-state index in [0.29, 0.717) is 36.2 Å². The number of nitrogens with zero attached hydrogens (tertiary/aromatic N) is 2. The Morgan fingerprint density at radius 1 is 1.24 bits per heavy atom. The lowest BCUT2D eigenvalue weighted by molar-refractivity contribution is 0.0754. The van der Waals surface area contributed by atoms with Crippen LogP contribution in [0.5, 0.6) is 0 Å². The van der Waals surface area contributed by atoms with Crippen molar-refractivity contribution in [3.05, 3.63) is 66.9 Å². The van der Waals surface area contributed by atoms with Crippen LogP contribution in [0.1, 0.15) is 29.1 Å². The topological polar surface area (TPSA) is 75.2 Å². The van der Waals surface area contributed by atoms with E-state index in [9.17, 15) is 14.4 Å². The number of amides is 1. The number of aryl methyl sites for hydroxylation is 1. The van der Waals surface area contributed by atoms with Crippen molar-refractivity contribution in [1.29, 1.82) is 0 Å². The highest BCUT2D eigenvalue weighted by Gasteiger charge is 2.16. The molecule has 2 aromatic heterocycles. The predicted octanol–water partition coefficient (Wildman–Crippen LogP) is 2.43. The Labute approximate surface area is 148 Å². The summed E-state index contributed by atoms with van der Waals surface area (Å²) in [6.45, 7) is 5.27. The van der Waals surface area contributed by atoms with Crippen molar-refractivity contribution in [3.8, 4) is 0 Å². The summed E-state index contributed by atoms with van der Waals surface area (Å²) in [5.74, 6) is -0.104. The number of rotatable bonds is 5. The van der Waals surface area contributed by atoms with Crippen LogP contribution in [0.4, 0.5) is 0 Å². The second-order valence-corrected chi connectivity index (χ2v) is 6.67. The summed E-state index contributed by atoms with van der Waals surface area (Å²) in [5.41, 5.74) is 0.337. The molecule has 0 radical (unpaired) electrons. The van der Waals surface area contributed by atoms with Crippen LogP contribution >= 0.6 is 11.3 Å². The molecular formula is C18H19N3O3S. The summed E-state index contributed by atoms with van der Waals surface area (Å²) in [6.07, 6.45) is 0. The molecule has 25 heavy (non-hydrogen) atoms. The third-order valence-electron chi connectivity index (χ3n) is 4.13. The van der Waals surface area contributed by atoms with E-state index >= 15 is 0 Å². The summed E-state index contributed by atoms with van der Waals surface area (Å²) in [6, 6.07) is 9.01. The molecule has 0 atom stereocenters. The SMILES string of the molecule is CCN(Cc1cccs1)C(=O)c1ccc2c(c1)[nH]c(=O)c(=O)n2CC. The fraction of sp³-hybridized carbons (Fsp3) is 0.278. The number of hydrogen-bond donors (Lipinski definition) is 1. The number of H-pyrrole nitrogens is 1. The van der Waals surface area contributed by atoms with Gasteiger partial charge in [-0.3, -0.25) is 14.4 Å². The summed E-state index contributed by atoms with van der Waals surface area (Å²) >= 11 is 1.61. The van der Waals surface area contributed by atoms with Crippen molar-refractivity contribution < 1.29 is 4.79 Å². The van der Waals surface area contributed by atoms with Crippen molar-refractivity contribution in [2.24, 2.45) is 0 Å². The number of aromatic nitrogens is 2. The molecule has 0 saturated carbocycles. The minimum atomic E-state index is -0.676. The molecule has 3 aromatic rings. The van der Waals surface area contributed by atoms with Crippen molar-refractivity contribution in [3.63, 3.8) is 0 Å². The zero-order valence-corrected chi connectivity index (χ0v) is 14.9. The predicted molar refractivity (Wildman–Crippen MR) is 99.2 cm³/mol. The van der Waals surface area contributed by atoms with Gasteiger partial charge in [-0.05, 0) is 43.5 Å². The first-order valence-electron chi connectivity index (χ1n) is 8.13. The van der Waals surface area contributed by atoms with Gasteiger partial charge in [0.05, 0.1) is 17.6 Å². The van der Waals surface area contributed by atoms with E-state index in [2.05, 4.69) is 4.98 Å². The lowest BCUT2D eigenvalue weighted by atomic mass is 10.1. The summed E-state index contributed by atoms with van der Waals surface area (Å²) in [7, 11) is 0. The van der Waals surface area contributed by atoms with Gasteiger partial charge in [-0.25, -0.2) is 0 Å². The second-order valence-electron chi connectivity index (χ2n) is 5.63. The molecule has 0 saturated heterocycles. The maximum atomic E-state index is 12.8. The summed E-state index contributed by atoms with van der Waals surface area (Å²) in [4.78, 5) is 42.0. The molecule has 0 spiro atoms. The van der Waals surface area contributed by atoms with E-state index < -0.39 is 11.1 Å². The maximum absolute atomic E-state index is 12.8. The van der Waals surface area contributed by atoms with Crippen molar-refractivity contribution in [2.75, 3.05) is 6.54 Å². The number of thiophene rings is 1. The van der Waals surface area contributed by atoms with E-state index in [1.54, 1.807) is 41.4 Å². The monoisotopic (exact) mass is 357 g/mol. The minimum Gasteiger partial charge on any atom is -0.334 e. The summed E-state index contributed by atoms with van der Waals surface area (Å²) in [5, 5.41) is 1.98. The quantitative estimate of drug-likeness (QED) is 0.713. The van der Waals surface area contributed by atoms with Gasteiger partial charge in [0.2, 0.25) is 0 Å². The average Bonchev–Trinajstić information content (AvgIpc) is 3.13. The molecular weight excluding hydrogens is 338 g/mol. The van der Waals surface area contributed by atoms with Crippen molar-refractivity contribution in [2.45, 2.75) is 26.9 Å². The van der Waals surface area contributed by atoms with Gasteiger partial charge in [0, 0.05) is 23.5 Å². The van der Waals surface area contributed by atoms with Crippen LogP contribution in [-0.4, -0.2) is 26.9 Å².